The number of nitrogens with zero attached hydrogens (tertiary/aromatic N) is 1. The summed E-state index contributed by atoms with van der Waals surface area (Å²) in [4.78, 5) is 13.9. The van der Waals surface area contributed by atoms with Crippen LogP contribution in [-0.4, -0.2) is 49.2 Å². The number of hydrogen-bond acceptors (Lipinski definition) is 3. The summed E-state index contributed by atoms with van der Waals surface area (Å²) in [7, 11) is 0. The maximum Gasteiger partial charge on any atom is 0.242 e. The van der Waals surface area contributed by atoms with Gasteiger partial charge in [0.2, 0.25) is 5.91 Å². The van der Waals surface area contributed by atoms with Crippen LogP contribution in [0.1, 0.15) is 6.92 Å². The Morgan fingerprint density at radius 1 is 1.50 bits per heavy atom. The lowest BCUT2D eigenvalue weighted by Crippen LogP contribution is -2.56. The fourth-order valence-electron chi connectivity index (χ4n) is 1.77. The SMILES string of the molecule is C=CCN(CC=C)C(=O)[C@H]1NCCO[C@@H]1C. The van der Waals surface area contributed by atoms with Crippen molar-refractivity contribution >= 4 is 5.91 Å². The zero-order valence-electron chi connectivity index (χ0n) is 9.82. The van der Waals surface area contributed by atoms with Crippen molar-refractivity contribution < 1.29 is 9.53 Å². The van der Waals surface area contributed by atoms with Crippen LogP contribution in [-0.2, 0) is 9.53 Å². The second-order valence-corrected chi connectivity index (χ2v) is 3.83. The number of ether oxygens (including phenoxy) is 1. The van der Waals surface area contributed by atoms with Gasteiger partial charge in [0, 0.05) is 19.6 Å². The molecule has 1 saturated heterocycles. The molecule has 4 heteroatoms. The van der Waals surface area contributed by atoms with Gasteiger partial charge in [-0.1, -0.05) is 12.2 Å². The molecule has 90 valence electrons. The zero-order chi connectivity index (χ0) is 12.0. The summed E-state index contributed by atoms with van der Waals surface area (Å²) in [6.07, 6.45) is 3.35. The molecular formula is C12H20N2O2. The monoisotopic (exact) mass is 224 g/mol. The Morgan fingerprint density at radius 3 is 2.62 bits per heavy atom. The first-order valence-corrected chi connectivity index (χ1v) is 5.56. The molecule has 16 heavy (non-hydrogen) atoms. The number of amides is 1. The predicted octanol–water partition coefficient (Wildman–Crippen LogP) is 0.564. The molecule has 1 heterocycles. The minimum absolute atomic E-state index is 0.0481. The summed E-state index contributed by atoms with van der Waals surface area (Å²) in [5, 5.41) is 3.18. The molecule has 0 unspecified atom stereocenters. The van der Waals surface area contributed by atoms with E-state index >= 15 is 0 Å². The summed E-state index contributed by atoms with van der Waals surface area (Å²) in [6, 6.07) is -0.256. The molecule has 4 nitrogen and oxygen atoms in total. The molecule has 0 aromatic carbocycles. The van der Waals surface area contributed by atoms with Crippen molar-refractivity contribution in [2.24, 2.45) is 0 Å². The fourth-order valence-corrected chi connectivity index (χ4v) is 1.77. The van der Waals surface area contributed by atoms with Gasteiger partial charge in [0.25, 0.3) is 0 Å². The maximum absolute atomic E-state index is 12.2. The molecule has 0 aromatic rings. The topological polar surface area (TPSA) is 41.6 Å². The molecular weight excluding hydrogens is 204 g/mol. The average Bonchev–Trinajstić information content (AvgIpc) is 2.28. The summed E-state index contributed by atoms with van der Waals surface area (Å²) in [5.74, 6) is 0.0481. The van der Waals surface area contributed by atoms with Gasteiger partial charge in [-0.05, 0) is 6.92 Å². The second kappa shape index (κ2) is 6.45. The van der Waals surface area contributed by atoms with Crippen molar-refractivity contribution in [3.05, 3.63) is 25.3 Å². The van der Waals surface area contributed by atoms with Crippen molar-refractivity contribution in [3.8, 4) is 0 Å². The van der Waals surface area contributed by atoms with Gasteiger partial charge in [-0.25, -0.2) is 0 Å². The highest BCUT2D eigenvalue weighted by atomic mass is 16.5. The van der Waals surface area contributed by atoms with E-state index in [1.165, 1.54) is 0 Å². The summed E-state index contributed by atoms with van der Waals surface area (Å²) in [5.41, 5.74) is 0. The second-order valence-electron chi connectivity index (χ2n) is 3.83. The third kappa shape index (κ3) is 3.18. The third-order valence-electron chi connectivity index (χ3n) is 2.59. The van der Waals surface area contributed by atoms with Crippen LogP contribution in [0.4, 0.5) is 0 Å². The van der Waals surface area contributed by atoms with E-state index < -0.39 is 0 Å². The van der Waals surface area contributed by atoms with Crippen LogP contribution in [0.2, 0.25) is 0 Å². The lowest BCUT2D eigenvalue weighted by atomic mass is 10.1. The minimum Gasteiger partial charge on any atom is -0.375 e. The van der Waals surface area contributed by atoms with Gasteiger partial charge >= 0.3 is 0 Å². The number of rotatable bonds is 5. The molecule has 0 saturated carbocycles. The largest absolute Gasteiger partial charge is 0.375 e. The molecule has 1 aliphatic rings. The Kier molecular flexibility index (Phi) is 5.22. The molecule has 0 bridgehead atoms. The molecule has 1 aliphatic heterocycles. The summed E-state index contributed by atoms with van der Waals surface area (Å²) in [6.45, 7) is 11.7. The number of carbonyl (C=O) groups is 1. The lowest BCUT2D eigenvalue weighted by molar-refractivity contribution is -0.138. The third-order valence-corrected chi connectivity index (χ3v) is 2.59. The van der Waals surface area contributed by atoms with Gasteiger partial charge in [0.1, 0.15) is 6.04 Å². The van der Waals surface area contributed by atoms with Gasteiger partial charge in [-0.2, -0.15) is 0 Å². The highest BCUT2D eigenvalue weighted by Gasteiger charge is 2.30. The van der Waals surface area contributed by atoms with E-state index in [-0.39, 0.29) is 18.1 Å². The molecule has 1 N–H and O–H groups in total. The van der Waals surface area contributed by atoms with Gasteiger partial charge in [-0.3, -0.25) is 4.79 Å². The molecule has 1 fully saturated rings. The first kappa shape index (κ1) is 12.9. The molecule has 0 spiro atoms. The molecule has 1 amide bonds. The van der Waals surface area contributed by atoms with E-state index in [1.807, 2.05) is 6.92 Å². The molecule has 0 aliphatic carbocycles. The normalized spacial score (nSPS) is 24.8. The summed E-state index contributed by atoms with van der Waals surface area (Å²) >= 11 is 0. The van der Waals surface area contributed by atoms with Crippen molar-refractivity contribution in [2.45, 2.75) is 19.1 Å². The van der Waals surface area contributed by atoms with E-state index in [1.54, 1.807) is 17.1 Å². The first-order chi connectivity index (χ1) is 7.70. The van der Waals surface area contributed by atoms with Gasteiger partial charge in [-0.15, -0.1) is 13.2 Å². The van der Waals surface area contributed by atoms with Crippen LogP contribution in [0.5, 0.6) is 0 Å². The Labute approximate surface area is 97.0 Å². The summed E-state index contributed by atoms with van der Waals surface area (Å²) < 4.78 is 5.46. The van der Waals surface area contributed by atoms with Crippen molar-refractivity contribution in [1.29, 1.82) is 0 Å². The Morgan fingerprint density at radius 2 is 2.12 bits per heavy atom. The minimum atomic E-state index is -0.256. The molecule has 0 radical (unpaired) electrons. The van der Waals surface area contributed by atoms with E-state index in [9.17, 15) is 4.79 Å². The molecule has 1 rings (SSSR count). The van der Waals surface area contributed by atoms with Crippen LogP contribution in [0.15, 0.2) is 25.3 Å². The maximum atomic E-state index is 12.2. The van der Waals surface area contributed by atoms with Gasteiger partial charge in [0.05, 0.1) is 12.7 Å². The quantitative estimate of drug-likeness (QED) is 0.694. The van der Waals surface area contributed by atoms with Crippen LogP contribution < -0.4 is 5.32 Å². The van der Waals surface area contributed by atoms with Crippen molar-refractivity contribution in [1.82, 2.24) is 10.2 Å². The number of hydrogen-bond donors (Lipinski definition) is 1. The van der Waals surface area contributed by atoms with Gasteiger partial charge < -0.3 is 15.0 Å². The smallest absolute Gasteiger partial charge is 0.242 e. The van der Waals surface area contributed by atoms with E-state index in [4.69, 9.17) is 4.74 Å². The highest BCUT2D eigenvalue weighted by Crippen LogP contribution is 2.08. The fraction of sp³-hybridized carbons (Fsp3) is 0.583. The van der Waals surface area contributed by atoms with E-state index in [0.717, 1.165) is 6.54 Å². The van der Waals surface area contributed by atoms with Gasteiger partial charge in [0.15, 0.2) is 0 Å². The van der Waals surface area contributed by atoms with E-state index in [0.29, 0.717) is 19.7 Å². The first-order valence-electron chi connectivity index (χ1n) is 5.56. The van der Waals surface area contributed by atoms with Crippen molar-refractivity contribution in [3.63, 3.8) is 0 Å². The lowest BCUT2D eigenvalue weighted by Gasteiger charge is -2.33. The van der Waals surface area contributed by atoms with E-state index in [2.05, 4.69) is 18.5 Å². The van der Waals surface area contributed by atoms with Crippen molar-refractivity contribution in [2.75, 3.05) is 26.2 Å². The Bertz CT molecular complexity index is 256. The Hall–Kier alpha value is -1.13. The number of carbonyl (C=O) groups excluding carboxylic acids is 1. The highest BCUT2D eigenvalue weighted by molar-refractivity contribution is 5.83. The standard InChI is InChI=1S/C12H20N2O2/c1-4-7-14(8-5-2)12(15)11-10(3)16-9-6-13-11/h4-5,10-11,13H,1-2,6-9H2,3H3/t10-,11+/m1/s1. The Balaban J connectivity index is 2.63. The number of nitrogens with one attached hydrogen (secondary N) is 1. The van der Waals surface area contributed by atoms with Crippen LogP contribution >= 0.6 is 0 Å². The molecule has 2 atom stereocenters. The van der Waals surface area contributed by atoms with Crippen LogP contribution in [0.3, 0.4) is 0 Å². The number of morpholine rings is 1. The molecule has 0 aromatic heterocycles. The predicted molar refractivity (Wildman–Crippen MR) is 64.2 cm³/mol. The van der Waals surface area contributed by atoms with Crippen LogP contribution in [0.25, 0.3) is 0 Å². The zero-order valence-corrected chi connectivity index (χ0v) is 9.82. The average molecular weight is 224 g/mol. The van der Waals surface area contributed by atoms with Crippen LogP contribution in [0, 0.1) is 0 Å².